The Hall–Kier alpha value is -1.60. The van der Waals surface area contributed by atoms with Crippen molar-refractivity contribution in [3.8, 4) is 5.75 Å². The highest BCUT2D eigenvalue weighted by Gasteiger charge is 2.34. The van der Waals surface area contributed by atoms with Gasteiger partial charge < -0.3 is 10.1 Å². The average molecular weight is 282 g/mol. The molecule has 0 aromatic heterocycles. The summed E-state index contributed by atoms with van der Waals surface area (Å²) in [4.78, 5) is 12.0. The van der Waals surface area contributed by atoms with Gasteiger partial charge in [-0.2, -0.15) is 0 Å². The molecule has 3 N–H and O–H groups in total. The van der Waals surface area contributed by atoms with Gasteiger partial charge in [-0.05, 0) is 31.0 Å². The van der Waals surface area contributed by atoms with Gasteiger partial charge in [0.15, 0.2) is 0 Å². The lowest BCUT2D eigenvalue weighted by Gasteiger charge is -2.09. The molecule has 1 atom stereocenters. The maximum Gasteiger partial charge on any atom is 0.238 e. The van der Waals surface area contributed by atoms with E-state index in [2.05, 4.69) is 5.32 Å². The van der Waals surface area contributed by atoms with Crippen molar-refractivity contribution in [1.82, 2.24) is 5.32 Å². The minimum atomic E-state index is -3.77. The minimum absolute atomic E-state index is 0.000900. The molecule has 1 aliphatic heterocycles. The second-order valence-electron chi connectivity index (χ2n) is 4.89. The van der Waals surface area contributed by atoms with Gasteiger partial charge >= 0.3 is 0 Å². The molecule has 19 heavy (non-hydrogen) atoms. The number of nitrogens with two attached hydrogens (primary N) is 1. The Morgan fingerprint density at radius 2 is 2.11 bits per heavy atom. The van der Waals surface area contributed by atoms with Crippen LogP contribution in [-0.4, -0.2) is 27.0 Å². The highest BCUT2D eigenvalue weighted by atomic mass is 32.2. The van der Waals surface area contributed by atoms with Gasteiger partial charge in [-0.3, -0.25) is 4.79 Å². The van der Waals surface area contributed by atoms with Gasteiger partial charge in [0.05, 0.1) is 4.90 Å². The molecular weight excluding hydrogens is 268 g/mol. The van der Waals surface area contributed by atoms with Crippen LogP contribution in [0.2, 0.25) is 0 Å². The van der Waals surface area contributed by atoms with Crippen LogP contribution in [0.25, 0.3) is 0 Å². The molecule has 102 valence electrons. The molecule has 0 spiro atoms. The molecule has 1 amide bonds. The number of hydrogen-bond donors (Lipinski definition) is 2. The Morgan fingerprint density at radius 3 is 2.74 bits per heavy atom. The normalized spacial score (nSPS) is 21.6. The van der Waals surface area contributed by atoms with Crippen molar-refractivity contribution in [1.29, 1.82) is 0 Å². The van der Waals surface area contributed by atoms with Crippen LogP contribution in [0.15, 0.2) is 23.1 Å². The summed E-state index contributed by atoms with van der Waals surface area (Å²) in [7, 11) is -3.77. The maximum atomic E-state index is 12.0. The van der Waals surface area contributed by atoms with E-state index in [0.29, 0.717) is 11.3 Å². The molecule has 0 bridgehead atoms. The Kier molecular flexibility index (Phi) is 2.75. The first-order valence-corrected chi connectivity index (χ1v) is 7.60. The molecule has 6 nitrogen and oxygen atoms in total. The number of sulfonamides is 1. The van der Waals surface area contributed by atoms with Gasteiger partial charge in [-0.15, -0.1) is 0 Å². The Morgan fingerprint density at radius 1 is 1.37 bits per heavy atom. The van der Waals surface area contributed by atoms with Crippen molar-refractivity contribution in [3.63, 3.8) is 0 Å². The van der Waals surface area contributed by atoms with E-state index in [1.165, 1.54) is 12.1 Å². The molecule has 1 heterocycles. The van der Waals surface area contributed by atoms with Crippen LogP contribution in [0.3, 0.4) is 0 Å². The third-order valence-electron chi connectivity index (χ3n) is 3.33. The quantitative estimate of drug-likeness (QED) is 0.820. The highest BCUT2D eigenvalue weighted by molar-refractivity contribution is 7.89. The van der Waals surface area contributed by atoms with E-state index in [1.807, 2.05) is 0 Å². The zero-order valence-electron chi connectivity index (χ0n) is 10.1. The summed E-state index contributed by atoms with van der Waals surface area (Å²) in [5.74, 6) is -0.0338. The van der Waals surface area contributed by atoms with Crippen molar-refractivity contribution in [3.05, 3.63) is 23.8 Å². The van der Waals surface area contributed by atoms with E-state index in [9.17, 15) is 13.2 Å². The minimum Gasteiger partial charge on any atom is -0.492 e. The van der Waals surface area contributed by atoms with Crippen LogP contribution in [0.4, 0.5) is 0 Å². The first kappa shape index (κ1) is 12.4. The SMILES string of the molecule is NS(=O)(=O)c1ccc2c(c1)C(C(=O)NC1CC1)CO2. The number of amides is 1. The van der Waals surface area contributed by atoms with Crippen LogP contribution < -0.4 is 15.2 Å². The fourth-order valence-electron chi connectivity index (χ4n) is 2.12. The number of benzene rings is 1. The molecule has 1 aliphatic carbocycles. The number of carbonyl (C=O) groups is 1. The number of carbonyl (C=O) groups excluding carboxylic acids is 1. The molecule has 0 radical (unpaired) electrons. The molecule has 2 aliphatic rings. The summed E-state index contributed by atoms with van der Waals surface area (Å²) in [6, 6.07) is 4.61. The van der Waals surface area contributed by atoms with Gasteiger partial charge in [0.2, 0.25) is 15.9 Å². The van der Waals surface area contributed by atoms with Gasteiger partial charge in [0, 0.05) is 11.6 Å². The number of primary sulfonamides is 1. The second kappa shape index (κ2) is 4.21. The maximum absolute atomic E-state index is 12.0. The summed E-state index contributed by atoms with van der Waals surface area (Å²) in [6.07, 6.45) is 2.01. The smallest absolute Gasteiger partial charge is 0.238 e. The fourth-order valence-corrected chi connectivity index (χ4v) is 2.67. The average Bonchev–Trinajstić information content (AvgIpc) is 3.04. The highest BCUT2D eigenvalue weighted by Crippen LogP contribution is 2.36. The number of fused-ring (bicyclic) bond motifs is 1. The molecule has 3 rings (SSSR count). The standard InChI is InChI=1S/C12H14N2O4S/c13-19(16,17)8-3-4-11-9(5-8)10(6-18-11)12(15)14-7-1-2-7/h3-5,7,10H,1-2,6H2,(H,14,15)(H2,13,16,17). The van der Waals surface area contributed by atoms with Gasteiger partial charge in [-0.25, -0.2) is 13.6 Å². The fraction of sp³-hybridized carbons (Fsp3) is 0.417. The predicted molar refractivity (Wildman–Crippen MR) is 67.2 cm³/mol. The van der Waals surface area contributed by atoms with Crippen molar-refractivity contribution in [2.45, 2.75) is 29.7 Å². The van der Waals surface area contributed by atoms with E-state index in [0.717, 1.165) is 12.8 Å². The van der Waals surface area contributed by atoms with Crippen LogP contribution in [-0.2, 0) is 14.8 Å². The van der Waals surface area contributed by atoms with E-state index in [4.69, 9.17) is 9.88 Å². The lowest BCUT2D eigenvalue weighted by atomic mass is 10.0. The van der Waals surface area contributed by atoms with E-state index in [-0.39, 0.29) is 23.5 Å². The molecule has 7 heteroatoms. The number of nitrogens with one attached hydrogen (secondary N) is 1. The summed E-state index contributed by atoms with van der Waals surface area (Å²) in [5, 5.41) is 7.99. The first-order chi connectivity index (χ1) is 8.95. The monoisotopic (exact) mass is 282 g/mol. The zero-order valence-corrected chi connectivity index (χ0v) is 10.9. The van der Waals surface area contributed by atoms with Crippen LogP contribution in [0, 0.1) is 0 Å². The van der Waals surface area contributed by atoms with Crippen molar-refractivity contribution < 1.29 is 17.9 Å². The summed E-state index contributed by atoms with van der Waals surface area (Å²) in [6.45, 7) is 0.238. The first-order valence-electron chi connectivity index (χ1n) is 6.05. The molecule has 1 saturated carbocycles. The van der Waals surface area contributed by atoms with E-state index in [1.54, 1.807) is 6.07 Å². The van der Waals surface area contributed by atoms with Gasteiger partial charge in [0.1, 0.15) is 18.3 Å². The summed E-state index contributed by atoms with van der Waals surface area (Å²) < 4.78 is 28.1. The molecule has 0 saturated heterocycles. The molecular formula is C12H14N2O4S. The summed E-state index contributed by atoms with van der Waals surface area (Å²) >= 11 is 0. The Bertz CT molecular complexity index is 637. The zero-order chi connectivity index (χ0) is 13.6. The van der Waals surface area contributed by atoms with E-state index < -0.39 is 15.9 Å². The Labute approximate surface area is 111 Å². The lowest BCUT2D eigenvalue weighted by molar-refractivity contribution is -0.122. The second-order valence-corrected chi connectivity index (χ2v) is 6.45. The summed E-state index contributed by atoms with van der Waals surface area (Å²) in [5.41, 5.74) is 0.588. The lowest BCUT2D eigenvalue weighted by Crippen LogP contribution is -2.31. The topological polar surface area (TPSA) is 98.5 Å². The van der Waals surface area contributed by atoms with Crippen LogP contribution in [0.5, 0.6) is 5.75 Å². The van der Waals surface area contributed by atoms with Crippen molar-refractivity contribution in [2.75, 3.05) is 6.61 Å². The van der Waals surface area contributed by atoms with Crippen molar-refractivity contribution in [2.24, 2.45) is 5.14 Å². The third kappa shape index (κ3) is 2.43. The third-order valence-corrected chi connectivity index (χ3v) is 4.24. The number of hydrogen-bond acceptors (Lipinski definition) is 4. The molecule has 1 aromatic rings. The van der Waals surface area contributed by atoms with Crippen LogP contribution in [0.1, 0.15) is 24.3 Å². The number of ether oxygens (including phenoxy) is 1. The van der Waals surface area contributed by atoms with E-state index >= 15 is 0 Å². The van der Waals surface area contributed by atoms with Gasteiger partial charge in [0.25, 0.3) is 0 Å². The molecule has 1 unspecified atom stereocenters. The molecule has 1 aromatic carbocycles. The predicted octanol–water partition coefficient (Wildman–Crippen LogP) is 0.0886. The molecule has 1 fully saturated rings. The van der Waals surface area contributed by atoms with Crippen molar-refractivity contribution >= 4 is 15.9 Å². The Balaban J connectivity index is 1.91. The largest absolute Gasteiger partial charge is 0.492 e. The number of rotatable bonds is 3. The van der Waals surface area contributed by atoms with Crippen LogP contribution >= 0.6 is 0 Å². The van der Waals surface area contributed by atoms with Gasteiger partial charge in [-0.1, -0.05) is 0 Å².